The van der Waals surface area contributed by atoms with Crippen molar-refractivity contribution >= 4 is 5.97 Å². The van der Waals surface area contributed by atoms with Crippen LogP contribution < -0.4 is 14.2 Å². The maximum Gasteiger partial charge on any atom is 0.304 e. The van der Waals surface area contributed by atoms with Crippen LogP contribution in [0.25, 0.3) is 0 Å². The Morgan fingerprint density at radius 3 is 2.83 bits per heavy atom. The summed E-state index contributed by atoms with van der Waals surface area (Å²) in [5.74, 6) is 1.08. The first-order chi connectivity index (χ1) is 8.64. The van der Waals surface area contributed by atoms with Gasteiger partial charge < -0.3 is 19.3 Å². The highest BCUT2D eigenvalue weighted by molar-refractivity contribution is 5.70. The number of carboxylic acid groups (broad SMARTS) is 1. The molecule has 0 radical (unpaired) electrons. The number of ether oxygens (including phenoxy) is 3. The molecule has 1 aromatic rings. The summed E-state index contributed by atoms with van der Waals surface area (Å²) in [5, 5.41) is 8.98. The van der Waals surface area contributed by atoms with Crippen molar-refractivity contribution in [2.24, 2.45) is 0 Å². The molecular formula is C13H14O5. The molecule has 3 rings (SSSR count). The van der Waals surface area contributed by atoms with Gasteiger partial charge in [-0.2, -0.15) is 0 Å². The summed E-state index contributed by atoms with van der Waals surface area (Å²) in [7, 11) is 1.57. The minimum atomic E-state index is -0.774. The first kappa shape index (κ1) is 11.2. The lowest BCUT2D eigenvalue weighted by Crippen LogP contribution is -2.13. The summed E-state index contributed by atoms with van der Waals surface area (Å²) in [6.45, 7) is 0.182. The van der Waals surface area contributed by atoms with Crippen LogP contribution in [0.3, 0.4) is 0 Å². The second kappa shape index (κ2) is 3.80. The van der Waals surface area contributed by atoms with Crippen molar-refractivity contribution in [3.8, 4) is 17.2 Å². The van der Waals surface area contributed by atoms with Crippen molar-refractivity contribution < 1.29 is 24.1 Å². The Morgan fingerprint density at radius 1 is 1.44 bits per heavy atom. The zero-order valence-electron chi connectivity index (χ0n) is 10.1. The number of hydrogen-bond acceptors (Lipinski definition) is 4. The second-order valence-corrected chi connectivity index (χ2v) is 4.76. The van der Waals surface area contributed by atoms with E-state index in [4.69, 9.17) is 19.3 Å². The Labute approximate surface area is 104 Å². The number of hydrogen-bond donors (Lipinski definition) is 1. The third-order valence-corrected chi connectivity index (χ3v) is 3.61. The molecular weight excluding hydrogens is 236 g/mol. The van der Waals surface area contributed by atoms with Crippen molar-refractivity contribution in [2.75, 3.05) is 13.9 Å². The highest BCUT2D eigenvalue weighted by atomic mass is 16.7. The zero-order valence-corrected chi connectivity index (χ0v) is 10.1. The largest absolute Gasteiger partial charge is 0.493 e. The predicted octanol–water partition coefficient (Wildman–Crippen LogP) is 1.93. The molecule has 0 unspecified atom stereocenters. The minimum Gasteiger partial charge on any atom is -0.493 e. The molecule has 5 nitrogen and oxygen atoms in total. The molecule has 18 heavy (non-hydrogen) atoms. The fourth-order valence-corrected chi connectivity index (χ4v) is 2.44. The smallest absolute Gasteiger partial charge is 0.304 e. The molecule has 0 amide bonds. The molecule has 0 bridgehead atoms. The summed E-state index contributed by atoms with van der Waals surface area (Å²) in [6.07, 6.45) is 1.93. The van der Waals surface area contributed by atoms with Crippen LogP contribution in [-0.2, 0) is 10.2 Å². The molecule has 1 aromatic carbocycles. The highest BCUT2D eigenvalue weighted by Gasteiger charge is 2.47. The monoisotopic (exact) mass is 250 g/mol. The molecule has 1 N–H and O–H groups in total. The molecule has 0 aromatic heterocycles. The number of fused-ring (bicyclic) bond motifs is 1. The molecule has 1 aliphatic heterocycles. The zero-order chi connectivity index (χ0) is 12.8. The SMILES string of the molecule is COc1cc(C2(CC(=O)O)CC2)cc2c1OCO2. The third-order valence-electron chi connectivity index (χ3n) is 3.61. The maximum absolute atomic E-state index is 10.9. The van der Waals surface area contributed by atoms with E-state index in [1.807, 2.05) is 12.1 Å². The van der Waals surface area contributed by atoms with Gasteiger partial charge in [0, 0.05) is 5.41 Å². The number of aliphatic carboxylic acids is 1. The Balaban J connectivity index is 2.01. The van der Waals surface area contributed by atoms with Crippen LogP contribution in [0.15, 0.2) is 12.1 Å². The number of benzene rings is 1. The van der Waals surface area contributed by atoms with Crippen molar-refractivity contribution in [1.29, 1.82) is 0 Å². The lowest BCUT2D eigenvalue weighted by Gasteiger charge is -2.15. The van der Waals surface area contributed by atoms with E-state index < -0.39 is 5.97 Å². The van der Waals surface area contributed by atoms with Gasteiger partial charge in [-0.15, -0.1) is 0 Å². The highest BCUT2D eigenvalue weighted by Crippen LogP contribution is 2.54. The van der Waals surface area contributed by atoms with Gasteiger partial charge in [0.05, 0.1) is 13.5 Å². The summed E-state index contributed by atoms with van der Waals surface area (Å²) >= 11 is 0. The molecule has 0 spiro atoms. The molecule has 1 aliphatic carbocycles. The quantitative estimate of drug-likeness (QED) is 0.884. The van der Waals surface area contributed by atoms with Crippen molar-refractivity contribution in [2.45, 2.75) is 24.7 Å². The van der Waals surface area contributed by atoms with Gasteiger partial charge in [-0.3, -0.25) is 4.79 Å². The van der Waals surface area contributed by atoms with E-state index in [1.54, 1.807) is 7.11 Å². The fraction of sp³-hybridized carbons (Fsp3) is 0.462. The lowest BCUT2D eigenvalue weighted by molar-refractivity contribution is -0.137. The molecule has 1 fully saturated rings. The standard InChI is InChI=1S/C13H14O5/c1-16-9-4-8(5-10-12(9)18-7-17-10)13(2-3-13)6-11(14)15/h4-5H,2-3,6-7H2,1H3,(H,14,15). The van der Waals surface area contributed by atoms with E-state index in [0.717, 1.165) is 18.4 Å². The lowest BCUT2D eigenvalue weighted by atomic mass is 9.92. The van der Waals surface area contributed by atoms with E-state index in [1.165, 1.54) is 0 Å². The molecule has 1 saturated carbocycles. The van der Waals surface area contributed by atoms with E-state index in [9.17, 15) is 4.79 Å². The molecule has 2 aliphatic rings. The normalized spacial score (nSPS) is 18.5. The third kappa shape index (κ3) is 1.66. The van der Waals surface area contributed by atoms with Gasteiger partial charge in [0.2, 0.25) is 12.5 Å². The predicted molar refractivity (Wildman–Crippen MR) is 62.3 cm³/mol. The van der Waals surface area contributed by atoms with E-state index in [2.05, 4.69) is 0 Å². The van der Waals surface area contributed by atoms with Crippen LogP contribution in [0.5, 0.6) is 17.2 Å². The Hall–Kier alpha value is -1.91. The summed E-state index contributed by atoms with van der Waals surface area (Å²) in [4.78, 5) is 10.9. The minimum absolute atomic E-state index is 0.149. The topological polar surface area (TPSA) is 65.0 Å². The van der Waals surface area contributed by atoms with Gasteiger partial charge in [0.15, 0.2) is 11.5 Å². The molecule has 1 heterocycles. The van der Waals surface area contributed by atoms with Crippen molar-refractivity contribution in [3.63, 3.8) is 0 Å². The van der Waals surface area contributed by atoms with Crippen molar-refractivity contribution in [1.82, 2.24) is 0 Å². The van der Waals surface area contributed by atoms with Crippen LogP contribution in [0.4, 0.5) is 0 Å². The van der Waals surface area contributed by atoms with Crippen LogP contribution in [0.1, 0.15) is 24.8 Å². The van der Waals surface area contributed by atoms with Gasteiger partial charge in [-0.05, 0) is 30.5 Å². The molecule has 0 saturated heterocycles. The van der Waals surface area contributed by atoms with Crippen LogP contribution in [-0.4, -0.2) is 25.0 Å². The number of rotatable bonds is 4. The number of carbonyl (C=O) groups is 1. The fourth-order valence-electron chi connectivity index (χ4n) is 2.44. The van der Waals surface area contributed by atoms with Crippen LogP contribution in [0.2, 0.25) is 0 Å². The van der Waals surface area contributed by atoms with Crippen molar-refractivity contribution in [3.05, 3.63) is 17.7 Å². The first-order valence-corrected chi connectivity index (χ1v) is 5.84. The summed E-state index contributed by atoms with van der Waals surface area (Å²) < 4.78 is 16.0. The van der Waals surface area contributed by atoms with Gasteiger partial charge >= 0.3 is 5.97 Å². The number of methoxy groups -OCH3 is 1. The Bertz CT molecular complexity index is 504. The second-order valence-electron chi connectivity index (χ2n) is 4.76. The maximum atomic E-state index is 10.9. The number of carboxylic acids is 1. The van der Waals surface area contributed by atoms with E-state index in [0.29, 0.717) is 17.2 Å². The Morgan fingerprint density at radius 2 is 2.22 bits per heavy atom. The van der Waals surface area contributed by atoms with E-state index >= 15 is 0 Å². The van der Waals surface area contributed by atoms with Crippen LogP contribution in [0, 0.1) is 0 Å². The molecule has 0 atom stereocenters. The van der Waals surface area contributed by atoms with E-state index in [-0.39, 0.29) is 18.6 Å². The van der Waals surface area contributed by atoms with Gasteiger partial charge in [0.1, 0.15) is 0 Å². The van der Waals surface area contributed by atoms with Gasteiger partial charge in [0.25, 0.3) is 0 Å². The van der Waals surface area contributed by atoms with Crippen LogP contribution >= 0.6 is 0 Å². The summed E-state index contributed by atoms with van der Waals surface area (Å²) in [6, 6.07) is 3.74. The average molecular weight is 250 g/mol. The summed E-state index contributed by atoms with van der Waals surface area (Å²) in [5.41, 5.74) is 0.714. The van der Waals surface area contributed by atoms with Gasteiger partial charge in [-0.25, -0.2) is 0 Å². The Kier molecular flexibility index (Phi) is 2.36. The van der Waals surface area contributed by atoms with Gasteiger partial charge in [-0.1, -0.05) is 0 Å². The molecule has 5 heteroatoms. The first-order valence-electron chi connectivity index (χ1n) is 5.84. The molecule has 96 valence electrons. The average Bonchev–Trinajstić information content (AvgIpc) is 2.95.